The first kappa shape index (κ1) is 19.8. The van der Waals surface area contributed by atoms with Gasteiger partial charge < -0.3 is 9.88 Å². The molecule has 1 aliphatic rings. The van der Waals surface area contributed by atoms with Crippen LogP contribution in [0.4, 0.5) is 0 Å². The van der Waals surface area contributed by atoms with E-state index in [1.807, 2.05) is 50.3 Å². The fraction of sp³-hybridized carbons (Fsp3) is 0.250. The van der Waals surface area contributed by atoms with Crippen molar-refractivity contribution in [1.29, 1.82) is 0 Å². The minimum atomic E-state index is -0.843. The number of carbonyl (C=O) groups excluding carboxylic acids is 2. The quantitative estimate of drug-likeness (QED) is 0.386. The van der Waals surface area contributed by atoms with E-state index in [0.717, 1.165) is 16.5 Å². The topological polar surface area (TPSA) is 71.6 Å². The summed E-state index contributed by atoms with van der Waals surface area (Å²) in [6.07, 6.45) is 4.30. The van der Waals surface area contributed by atoms with Gasteiger partial charge in [-0.2, -0.15) is 0 Å². The minimum Gasteiger partial charge on any atom is -0.360 e. The fourth-order valence-corrected chi connectivity index (χ4v) is 3.64. The Morgan fingerprint density at radius 1 is 1.03 bits per heavy atom. The average Bonchev–Trinajstić information content (AvgIpc) is 3.22. The van der Waals surface area contributed by atoms with E-state index < -0.39 is 11.4 Å². The van der Waals surface area contributed by atoms with Crippen molar-refractivity contribution in [3.05, 3.63) is 78.0 Å². The number of carbonyl (C=O) groups is 2. The van der Waals surface area contributed by atoms with Crippen LogP contribution in [0.15, 0.2) is 72.4 Å². The van der Waals surface area contributed by atoms with E-state index in [9.17, 15) is 9.59 Å². The van der Waals surface area contributed by atoms with Gasteiger partial charge in [0.05, 0.1) is 11.0 Å². The zero-order valence-electron chi connectivity index (χ0n) is 17.1. The van der Waals surface area contributed by atoms with E-state index in [4.69, 9.17) is 9.78 Å². The van der Waals surface area contributed by atoms with Gasteiger partial charge in [0, 0.05) is 30.2 Å². The number of nitrogens with one attached hydrogen (secondary N) is 1. The Morgan fingerprint density at radius 3 is 2.50 bits per heavy atom. The summed E-state index contributed by atoms with van der Waals surface area (Å²) in [4.78, 5) is 40.8. The SMILES string of the molecule is CC(C)(C(=O)OOc1ccccc1)C1=CCN(C(=O)c2c[nH]c3ccccc23)CC1. The number of amides is 1. The van der Waals surface area contributed by atoms with E-state index in [-0.39, 0.29) is 5.91 Å². The minimum absolute atomic E-state index is 0.0180. The van der Waals surface area contributed by atoms with E-state index in [2.05, 4.69) is 4.98 Å². The summed E-state index contributed by atoms with van der Waals surface area (Å²) in [6.45, 7) is 4.61. The highest BCUT2D eigenvalue weighted by Crippen LogP contribution is 2.33. The standard InChI is InChI=1S/C24H24N2O4/c1-24(2,23(28)30-29-18-8-4-3-5-9-18)17-12-14-26(15-13-17)22(27)20-16-25-21-11-7-6-10-19(20)21/h3-12,16,25H,13-15H2,1-2H3. The predicted octanol–water partition coefficient (Wildman–Crippen LogP) is 4.50. The van der Waals surface area contributed by atoms with Crippen LogP contribution in [0.3, 0.4) is 0 Å². The molecule has 2 aromatic carbocycles. The average molecular weight is 404 g/mol. The van der Waals surface area contributed by atoms with Gasteiger partial charge >= 0.3 is 5.97 Å². The van der Waals surface area contributed by atoms with Crippen LogP contribution in [0.2, 0.25) is 0 Å². The summed E-state index contributed by atoms with van der Waals surface area (Å²) in [5, 5.41) is 0.916. The molecule has 4 rings (SSSR count). The molecule has 0 saturated carbocycles. The molecule has 0 spiro atoms. The first-order valence-corrected chi connectivity index (χ1v) is 9.96. The Morgan fingerprint density at radius 2 is 1.77 bits per heavy atom. The van der Waals surface area contributed by atoms with Crippen molar-refractivity contribution < 1.29 is 19.4 Å². The van der Waals surface area contributed by atoms with Gasteiger partial charge in [-0.25, -0.2) is 9.68 Å². The zero-order valence-corrected chi connectivity index (χ0v) is 17.1. The second-order valence-corrected chi connectivity index (χ2v) is 7.87. The van der Waals surface area contributed by atoms with Gasteiger partial charge in [0.25, 0.3) is 5.91 Å². The maximum absolute atomic E-state index is 13.0. The van der Waals surface area contributed by atoms with E-state index in [1.165, 1.54) is 0 Å². The Balaban J connectivity index is 1.42. The summed E-state index contributed by atoms with van der Waals surface area (Å²) in [6, 6.07) is 16.6. The number of rotatable bonds is 5. The maximum atomic E-state index is 13.0. The Labute approximate surface area is 175 Å². The molecule has 0 radical (unpaired) electrons. The number of hydrogen-bond acceptors (Lipinski definition) is 4. The third kappa shape index (κ3) is 3.81. The molecule has 1 amide bonds. The van der Waals surface area contributed by atoms with Crippen LogP contribution in [0.25, 0.3) is 10.9 Å². The summed E-state index contributed by atoms with van der Waals surface area (Å²) in [7, 11) is 0. The van der Waals surface area contributed by atoms with Crippen molar-refractivity contribution >= 4 is 22.8 Å². The maximum Gasteiger partial charge on any atom is 0.364 e. The second-order valence-electron chi connectivity index (χ2n) is 7.87. The lowest BCUT2D eigenvalue weighted by Crippen LogP contribution is -2.39. The lowest BCUT2D eigenvalue weighted by Gasteiger charge is -2.32. The molecule has 0 aliphatic carbocycles. The fourth-order valence-electron chi connectivity index (χ4n) is 3.64. The van der Waals surface area contributed by atoms with Crippen LogP contribution in [0, 0.1) is 5.41 Å². The third-order valence-electron chi connectivity index (χ3n) is 5.59. The van der Waals surface area contributed by atoms with Crippen LogP contribution < -0.4 is 4.89 Å². The summed E-state index contributed by atoms with van der Waals surface area (Å²) in [5.74, 6) is -0.0145. The van der Waals surface area contributed by atoms with Gasteiger partial charge in [-0.05, 0) is 38.5 Å². The molecule has 0 atom stereocenters. The molecule has 6 nitrogen and oxygen atoms in total. The van der Waals surface area contributed by atoms with Crippen LogP contribution >= 0.6 is 0 Å². The monoisotopic (exact) mass is 404 g/mol. The number of hydrogen-bond donors (Lipinski definition) is 1. The lowest BCUT2D eigenvalue weighted by molar-refractivity contribution is -0.222. The van der Waals surface area contributed by atoms with Gasteiger partial charge in [0.1, 0.15) is 0 Å². The summed E-state index contributed by atoms with van der Waals surface area (Å²) >= 11 is 0. The number of H-pyrrole nitrogens is 1. The van der Waals surface area contributed by atoms with Crippen molar-refractivity contribution in [2.45, 2.75) is 20.3 Å². The molecule has 1 N–H and O–H groups in total. The van der Waals surface area contributed by atoms with Crippen molar-refractivity contribution in [1.82, 2.24) is 9.88 Å². The highest BCUT2D eigenvalue weighted by Gasteiger charge is 2.37. The number of fused-ring (bicyclic) bond motifs is 1. The Kier molecular flexibility index (Phi) is 5.31. The molecule has 0 saturated heterocycles. The molecule has 0 fully saturated rings. The largest absolute Gasteiger partial charge is 0.364 e. The van der Waals surface area contributed by atoms with Crippen LogP contribution in [-0.4, -0.2) is 34.8 Å². The molecule has 30 heavy (non-hydrogen) atoms. The van der Waals surface area contributed by atoms with E-state index in [0.29, 0.717) is 30.8 Å². The molecular formula is C24H24N2O4. The van der Waals surface area contributed by atoms with Gasteiger partial charge in [-0.1, -0.05) is 48.0 Å². The highest BCUT2D eigenvalue weighted by atomic mass is 17.2. The van der Waals surface area contributed by atoms with E-state index >= 15 is 0 Å². The zero-order chi connectivity index (χ0) is 21.1. The van der Waals surface area contributed by atoms with Gasteiger partial charge in [-0.15, -0.1) is 0 Å². The van der Waals surface area contributed by atoms with E-state index in [1.54, 1.807) is 35.4 Å². The smallest absolute Gasteiger partial charge is 0.360 e. The van der Waals surface area contributed by atoms with Crippen molar-refractivity contribution in [3.8, 4) is 5.75 Å². The van der Waals surface area contributed by atoms with Gasteiger partial charge in [0.2, 0.25) is 0 Å². The normalized spacial score (nSPS) is 14.3. The van der Waals surface area contributed by atoms with Crippen molar-refractivity contribution in [3.63, 3.8) is 0 Å². The van der Waals surface area contributed by atoms with Crippen LogP contribution in [-0.2, 0) is 9.68 Å². The lowest BCUT2D eigenvalue weighted by atomic mass is 9.81. The summed E-state index contributed by atoms with van der Waals surface area (Å²) < 4.78 is 0. The number of nitrogens with zero attached hydrogens (tertiary/aromatic N) is 1. The number of aromatic amines is 1. The number of benzene rings is 2. The molecule has 0 unspecified atom stereocenters. The van der Waals surface area contributed by atoms with Crippen molar-refractivity contribution in [2.75, 3.05) is 13.1 Å². The highest BCUT2D eigenvalue weighted by molar-refractivity contribution is 6.06. The number of aromatic nitrogens is 1. The molecule has 6 heteroatoms. The predicted molar refractivity (Wildman–Crippen MR) is 114 cm³/mol. The third-order valence-corrected chi connectivity index (χ3v) is 5.59. The molecule has 0 bridgehead atoms. The van der Waals surface area contributed by atoms with Gasteiger partial charge in [-0.3, -0.25) is 9.68 Å². The first-order valence-electron chi connectivity index (χ1n) is 9.96. The van der Waals surface area contributed by atoms with Gasteiger partial charge in [0.15, 0.2) is 5.75 Å². The molecular weight excluding hydrogens is 380 g/mol. The first-order chi connectivity index (χ1) is 14.5. The van der Waals surface area contributed by atoms with Crippen LogP contribution in [0.5, 0.6) is 5.75 Å². The molecule has 1 aromatic heterocycles. The Hall–Kier alpha value is -3.54. The Bertz CT molecular complexity index is 1100. The molecule has 2 heterocycles. The number of para-hydroxylation sites is 2. The van der Waals surface area contributed by atoms with Crippen LogP contribution in [0.1, 0.15) is 30.6 Å². The second kappa shape index (κ2) is 8.06. The van der Waals surface area contributed by atoms with Crippen molar-refractivity contribution in [2.24, 2.45) is 5.41 Å². The molecule has 1 aliphatic heterocycles. The summed E-state index contributed by atoms with van der Waals surface area (Å²) in [5.41, 5.74) is 1.70. The molecule has 154 valence electrons. The molecule has 3 aromatic rings.